The normalized spacial score (nSPS) is 21.9. The van der Waals surface area contributed by atoms with E-state index in [9.17, 15) is 4.79 Å². The van der Waals surface area contributed by atoms with E-state index in [0.29, 0.717) is 11.8 Å². The van der Waals surface area contributed by atoms with Gasteiger partial charge in [0.2, 0.25) is 0 Å². The summed E-state index contributed by atoms with van der Waals surface area (Å²) >= 11 is 0. The second-order valence-electron chi connectivity index (χ2n) is 9.08. The number of aromatic nitrogens is 4. The maximum atomic E-state index is 12.4. The van der Waals surface area contributed by atoms with Crippen LogP contribution in [-0.4, -0.2) is 62.4 Å². The van der Waals surface area contributed by atoms with E-state index in [-0.39, 0.29) is 11.6 Å². The van der Waals surface area contributed by atoms with Gasteiger partial charge in [0, 0.05) is 55.3 Å². The Morgan fingerprint density at radius 1 is 1.04 bits per heavy atom. The number of nitrogens with zero attached hydrogens (tertiary/aromatic N) is 6. The average molecular weight is 384 g/mol. The van der Waals surface area contributed by atoms with Gasteiger partial charge in [-0.25, -0.2) is 19.4 Å². The van der Waals surface area contributed by atoms with Gasteiger partial charge in [-0.1, -0.05) is 0 Å². The second-order valence-corrected chi connectivity index (χ2v) is 9.08. The third-order valence-electron chi connectivity index (χ3n) is 5.44. The van der Waals surface area contributed by atoms with Gasteiger partial charge in [-0.05, 0) is 40.7 Å². The van der Waals surface area contributed by atoms with Gasteiger partial charge < -0.3 is 15.1 Å². The molecule has 8 heteroatoms. The van der Waals surface area contributed by atoms with Gasteiger partial charge in [0.1, 0.15) is 12.1 Å². The molecule has 2 aliphatic heterocycles. The van der Waals surface area contributed by atoms with Crippen molar-refractivity contribution in [2.75, 3.05) is 31.1 Å². The summed E-state index contributed by atoms with van der Waals surface area (Å²) in [7, 11) is 0. The molecule has 0 spiro atoms. The number of likely N-dealkylation sites (tertiary alicyclic amines) is 1. The predicted molar refractivity (Wildman–Crippen MR) is 108 cm³/mol. The number of amides is 2. The molecule has 2 aromatic rings. The number of rotatable bonds is 2. The zero-order valence-electron chi connectivity index (χ0n) is 17.3. The molecule has 0 saturated carbocycles. The molecule has 2 aromatic heterocycles. The van der Waals surface area contributed by atoms with Crippen LogP contribution in [-0.2, 0) is 0 Å². The van der Waals surface area contributed by atoms with E-state index < -0.39 is 0 Å². The zero-order chi connectivity index (χ0) is 20.1. The molecule has 8 nitrogen and oxygen atoms in total. The van der Waals surface area contributed by atoms with Gasteiger partial charge in [-0.3, -0.25) is 0 Å². The van der Waals surface area contributed by atoms with E-state index >= 15 is 0 Å². The van der Waals surface area contributed by atoms with Gasteiger partial charge in [-0.2, -0.15) is 5.10 Å². The number of hydrogen-bond donors (Lipinski definition) is 1. The highest BCUT2D eigenvalue weighted by molar-refractivity contribution is 5.75. The van der Waals surface area contributed by atoms with Crippen LogP contribution in [0, 0.1) is 25.7 Å². The van der Waals surface area contributed by atoms with Crippen molar-refractivity contribution < 1.29 is 4.79 Å². The summed E-state index contributed by atoms with van der Waals surface area (Å²) in [6.45, 7) is 13.5. The number of urea groups is 1. The third kappa shape index (κ3) is 3.68. The van der Waals surface area contributed by atoms with Crippen LogP contribution in [0.3, 0.4) is 0 Å². The van der Waals surface area contributed by atoms with E-state index in [1.165, 1.54) is 0 Å². The van der Waals surface area contributed by atoms with Crippen LogP contribution >= 0.6 is 0 Å². The Morgan fingerprint density at radius 2 is 1.68 bits per heavy atom. The summed E-state index contributed by atoms with van der Waals surface area (Å²) in [5, 5.41) is 7.59. The lowest BCUT2D eigenvalue weighted by Crippen LogP contribution is -2.48. The number of nitrogens with one attached hydrogen (secondary N) is 1. The minimum atomic E-state index is -0.207. The first-order valence-electron chi connectivity index (χ1n) is 9.87. The fourth-order valence-corrected chi connectivity index (χ4v) is 4.23. The smallest absolute Gasteiger partial charge is 0.317 e. The molecule has 2 saturated heterocycles. The molecule has 28 heavy (non-hydrogen) atoms. The summed E-state index contributed by atoms with van der Waals surface area (Å²) in [5.41, 5.74) is 1.82. The zero-order valence-corrected chi connectivity index (χ0v) is 17.3. The number of carbonyl (C=O) groups excluding carboxylic acids is 1. The summed E-state index contributed by atoms with van der Waals surface area (Å²) < 4.78 is 1.86. The molecule has 0 bridgehead atoms. The molecule has 150 valence electrons. The van der Waals surface area contributed by atoms with Crippen molar-refractivity contribution in [1.82, 2.24) is 30.0 Å². The molecular weight excluding hydrogens is 354 g/mol. The first-order chi connectivity index (χ1) is 13.2. The number of hydrogen-bond acceptors (Lipinski definition) is 5. The van der Waals surface area contributed by atoms with Crippen LogP contribution in [0.25, 0.3) is 5.82 Å². The Kier molecular flexibility index (Phi) is 4.51. The Balaban J connectivity index is 1.44. The highest BCUT2D eigenvalue weighted by Crippen LogP contribution is 2.33. The molecule has 2 unspecified atom stereocenters. The molecule has 2 amide bonds. The fraction of sp³-hybridized carbons (Fsp3) is 0.600. The molecule has 0 radical (unpaired) electrons. The largest absolute Gasteiger partial charge is 0.356 e. The molecule has 1 N–H and O–H groups in total. The minimum Gasteiger partial charge on any atom is -0.356 e. The molecule has 2 atom stereocenters. The summed E-state index contributed by atoms with van der Waals surface area (Å²) in [5.74, 6) is 2.69. The van der Waals surface area contributed by atoms with Gasteiger partial charge >= 0.3 is 6.03 Å². The van der Waals surface area contributed by atoms with Crippen molar-refractivity contribution in [2.24, 2.45) is 11.8 Å². The first-order valence-corrected chi connectivity index (χ1v) is 9.87. The van der Waals surface area contributed by atoms with Crippen LogP contribution in [0.1, 0.15) is 32.2 Å². The number of carbonyl (C=O) groups is 1. The standard InChI is InChI=1S/C20H29N7O/c1-13-6-14(2)27(24-13)18-7-17(21-12-22-18)25-8-15-10-26(11-16(15)9-25)19(28)23-20(3,4)5/h6-7,12,15-16H,8-11H2,1-5H3,(H,23,28). The lowest BCUT2D eigenvalue weighted by atomic mass is 10.0. The highest BCUT2D eigenvalue weighted by atomic mass is 16.2. The van der Waals surface area contributed by atoms with Crippen LogP contribution in [0.5, 0.6) is 0 Å². The van der Waals surface area contributed by atoms with Gasteiger partial charge in [0.25, 0.3) is 0 Å². The van der Waals surface area contributed by atoms with Gasteiger partial charge in [-0.15, -0.1) is 0 Å². The number of anilines is 1. The monoisotopic (exact) mass is 383 g/mol. The van der Waals surface area contributed by atoms with Crippen LogP contribution < -0.4 is 10.2 Å². The first kappa shape index (κ1) is 18.7. The third-order valence-corrected chi connectivity index (χ3v) is 5.44. The lowest BCUT2D eigenvalue weighted by Gasteiger charge is -2.27. The summed E-state index contributed by atoms with van der Waals surface area (Å²) in [4.78, 5) is 25.6. The SMILES string of the molecule is Cc1cc(C)n(-c2cc(N3CC4CN(C(=O)NC(C)(C)C)CC4C3)ncn2)n1. The van der Waals surface area contributed by atoms with E-state index in [0.717, 1.165) is 49.2 Å². The van der Waals surface area contributed by atoms with Crippen molar-refractivity contribution in [3.8, 4) is 5.82 Å². The van der Waals surface area contributed by atoms with Crippen LogP contribution in [0.2, 0.25) is 0 Å². The topological polar surface area (TPSA) is 79.2 Å². The van der Waals surface area contributed by atoms with Crippen molar-refractivity contribution in [3.63, 3.8) is 0 Å². The van der Waals surface area contributed by atoms with Crippen molar-refractivity contribution in [1.29, 1.82) is 0 Å². The quantitative estimate of drug-likeness (QED) is 0.860. The molecule has 4 heterocycles. The number of fused-ring (bicyclic) bond motifs is 1. The van der Waals surface area contributed by atoms with E-state index in [4.69, 9.17) is 0 Å². The average Bonchev–Trinajstić information content (AvgIpc) is 3.26. The van der Waals surface area contributed by atoms with Crippen molar-refractivity contribution in [3.05, 3.63) is 29.8 Å². The van der Waals surface area contributed by atoms with E-state index in [2.05, 4.69) is 25.3 Å². The number of aryl methyl sites for hydroxylation is 2. The Bertz CT molecular complexity index is 871. The molecular formula is C20H29N7O. The molecule has 2 aliphatic rings. The predicted octanol–water partition coefficient (Wildman–Crippen LogP) is 2.16. The fourth-order valence-electron chi connectivity index (χ4n) is 4.23. The van der Waals surface area contributed by atoms with Crippen LogP contribution in [0.15, 0.2) is 18.5 Å². The molecule has 2 fully saturated rings. The second kappa shape index (κ2) is 6.76. The Morgan fingerprint density at radius 3 is 2.25 bits per heavy atom. The molecule has 0 aromatic carbocycles. The highest BCUT2D eigenvalue weighted by Gasteiger charge is 2.42. The maximum Gasteiger partial charge on any atom is 0.317 e. The van der Waals surface area contributed by atoms with Gasteiger partial charge in [0.15, 0.2) is 5.82 Å². The lowest BCUT2D eigenvalue weighted by molar-refractivity contribution is 0.196. The Labute approximate surface area is 165 Å². The van der Waals surface area contributed by atoms with E-state index in [1.54, 1.807) is 6.33 Å². The van der Waals surface area contributed by atoms with Crippen molar-refractivity contribution >= 4 is 11.8 Å². The van der Waals surface area contributed by atoms with Gasteiger partial charge in [0.05, 0.1) is 5.69 Å². The molecule has 0 aliphatic carbocycles. The molecule has 4 rings (SSSR count). The summed E-state index contributed by atoms with van der Waals surface area (Å²) in [6.07, 6.45) is 1.61. The Hall–Kier alpha value is -2.64. The van der Waals surface area contributed by atoms with Crippen LogP contribution in [0.4, 0.5) is 10.6 Å². The van der Waals surface area contributed by atoms with E-state index in [1.807, 2.05) is 56.3 Å². The summed E-state index contributed by atoms with van der Waals surface area (Å²) in [6, 6.07) is 4.09. The van der Waals surface area contributed by atoms with Crippen molar-refractivity contribution in [2.45, 2.75) is 40.2 Å². The minimum absolute atomic E-state index is 0.0438. The maximum absolute atomic E-state index is 12.4.